The predicted molar refractivity (Wildman–Crippen MR) is 63.5 cm³/mol. The molecule has 0 unspecified atom stereocenters. The van der Waals surface area contributed by atoms with Crippen LogP contribution in [0.5, 0.6) is 0 Å². The molecule has 0 saturated heterocycles. The average molecular weight is 238 g/mol. The molecule has 17 heavy (non-hydrogen) atoms. The average Bonchev–Trinajstić information content (AvgIpc) is 2.14. The summed E-state index contributed by atoms with van der Waals surface area (Å²) in [5.41, 5.74) is -1.61. The molecular formula is C13H18O4. The summed E-state index contributed by atoms with van der Waals surface area (Å²) in [6, 6.07) is 0. The Morgan fingerprint density at radius 2 is 1.82 bits per heavy atom. The van der Waals surface area contributed by atoms with Crippen LogP contribution >= 0.6 is 0 Å². The number of hydrogen-bond acceptors (Lipinski definition) is 2. The highest BCUT2D eigenvalue weighted by molar-refractivity contribution is 5.91. The Morgan fingerprint density at radius 1 is 1.29 bits per heavy atom. The van der Waals surface area contributed by atoms with Crippen LogP contribution in [0, 0.1) is 16.7 Å². The van der Waals surface area contributed by atoms with Crippen molar-refractivity contribution in [2.24, 2.45) is 16.7 Å². The fraction of sp³-hybridized carbons (Fsp3) is 0.538. The first-order chi connectivity index (χ1) is 7.64. The van der Waals surface area contributed by atoms with Gasteiger partial charge in [0.05, 0.1) is 5.41 Å². The van der Waals surface area contributed by atoms with Crippen molar-refractivity contribution in [2.75, 3.05) is 0 Å². The van der Waals surface area contributed by atoms with Crippen LogP contribution in [0.1, 0.15) is 27.7 Å². The van der Waals surface area contributed by atoms with E-state index in [9.17, 15) is 14.7 Å². The Morgan fingerprint density at radius 3 is 2.18 bits per heavy atom. The van der Waals surface area contributed by atoms with Gasteiger partial charge in [0.25, 0.3) is 0 Å². The maximum Gasteiger partial charge on any atom is 0.331 e. The van der Waals surface area contributed by atoms with E-state index in [0.29, 0.717) is 0 Å². The fourth-order valence-electron chi connectivity index (χ4n) is 2.57. The van der Waals surface area contributed by atoms with E-state index in [0.717, 1.165) is 0 Å². The summed E-state index contributed by atoms with van der Waals surface area (Å²) in [5, 5.41) is 18.6. The van der Waals surface area contributed by atoms with E-state index < -0.39 is 28.7 Å². The van der Waals surface area contributed by atoms with Gasteiger partial charge in [-0.1, -0.05) is 45.9 Å². The maximum atomic E-state index is 11.6. The van der Waals surface area contributed by atoms with E-state index in [4.69, 9.17) is 5.11 Å². The Labute approximate surface area is 101 Å². The summed E-state index contributed by atoms with van der Waals surface area (Å²) >= 11 is 0. The van der Waals surface area contributed by atoms with Crippen molar-refractivity contribution in [3.8, 4) is 0 Å². The molecule has 0 aliphatic heterocycles. The molecule has 1 aliphatic carbocycles. The second-order valence-electron chi connectivity index (χ2n) is 5.43. The zero-order valence-corrected chi connectivity index (χ0v) is 10.5. The van der Waals surface area contributed by atoms with Crippen LogP contribution in [0.3, 0.4) is 0 Å². The highest BCUT2D eigenvalue weighted by atomic mass is 16.4. The molecular weight excluding hydrogens is 220 g/mol. The van der Waals surface area contributed by atoms with Crippen LogP contribution in [0.4, 0.5) is 0 Å². The van der Waals surface area contributed by atoms with Gasteiger partial charge in [-0.2, -0.15) is 0 Å². The first kappa shape index (κ1) is 13.5. The molecule has 2 atom stereocenters. The molecule has 0 bridgehead atoms. The topological polar surface area (TPSA) is 74.6 Å². The normalized spacial score (nSPS) is 28.7. The number of rotatable bonds is 2. The number of carbonyl (C=O) groups is 2. The molecule has 0 aromatic heterocycles. The molecule has 0 fully saturated rings. The van der Waals surface area contributed by atoms with E-state index in [1.54, 1.807) is 13.0 Å². The summed E-state index contributed by atoms with van der Waals surface area (Å²) in [6.45, 7) is 7.09. The molecule has 0 aromatic carbocycles. The van der Waals surface area contributed by atoms with Crippen molar-refractivity contribution in [3.05, 3.63) is 23.8 Å². The van der Waals surface area contributed by atoms with Crippen LogP contribution < -0.4 is 0 Å². The lowest BCUT2D eigenvalue weighted by Crippen LogP contribution is -2.48. The van der Waals surface area contributed by atoms with Gasteiger partial charge in [0.2, 0.25) is 0 Å². The molecule has 4 heteroatoms. The monoisotopic (exact) mass is 238 g/mol. The third kappa shape index (κ3) is 1.88. The molecule has 2 N–H and O–H groups in total. The molecule has 0 aromatic rings. The number of hydrogen-bond donors (Lipinski definition) is 2. The maximum absolute atomic E-state index is 11.6. The minimum absolute atomic E-state index is 0.143. The van der Waals surface area contributed by atoms with E-state index in [2.05, 4.69) is 0 Å². The molecule has 0 saturated carbocycles. The minimum atomic E-state index is -1.19. The number of carboxylic acids is 2. The summed E-state index contributed by atoms with van der Waals surface area (Å²) in [4.78, 5) is 22.7. The third-order valence-corrected chi connectivity index (χ3v) is 3.63. The molecule has 0 heterocycles. The van der Waals surface area contributed by atoms with Gasteiger partial charge in [-0.3, -0.25) is 4.79 Å². The highest BCUT2D eigenvalue weighted by Gasteiger charge is 2.53. The lowest BCUT2D eigenvalue weighted by atomic mass is 9.57. The number of carboxylic acid groups (broad SMARTS) is 2. The molecule has 1 aliphatic rings. The van der Waals surface area contributed by atoms with Gasteiger partial charge in [-0.15, -0.1) is 0 Å². The highest BCUT2D eigenvalue weighted by Crippen LogP contribution is 2.50. The second kappa shape index (κ2) is 4.02. The van der Waals surface area contributed by atoms with Crippen molar-refractivity contribution in [2.45, 2.75) is 27.7 Å². The quantitative estimate of drug-likeness (QED) is 0.774. The molecule has 0 spiro atoms. The van der Waals surface area contributed by atoms with Gasteiger partial charge in [0.1, 0.15) is 0 Å². The largest absolute Gasteiger partial charge is 0.481 e. The van der Waals surface area contributed by atoms with Gasteiger partial charge < -0.3 is 10.2 Å². The van der Waals surface area contributed by atoms with Crippen molar-refractivity contribution in [1.29, 1.82) is 0 Å². The SMILES string of the molecule is C[C@@H]1C(C(=O)O)=CC=C[C@]1(C(=O)O)C(C)(C)C. The van der Waals surface area contributed by atoms with E-state index in [1.807, 2.05) is 20.8 Å². The summed E-state index contributed by atoms with van der Waals surface area (Å²) in [5.74, 6) is -2.61. The van der Waals surface area contributed by atoms with Crippen LogP contribution in [0.2, 0.25) is 0 Å². The van der Waals surface area contributed by atoms with Crippen LogP contribution in [0.15, 0.2) is 23.8 Å². The standard InChI is InChI=1S/C13H18O4/c1-8-9(10(14)15)6-5-7-13(8,11(16)17)12(2,3)4/h5-8H,1-4H3,(H,14,15)(H,16,17)/t8-,13+/m1/s1. The zero-order chi connectivity index (χ0) is 13.4. The van der Waals surface area contributed by atoms with E-state index >= 15 is 0 Å². The van der Waals surface area contributed by atoms with Gasteiger partial charge >= 0.3 is 11.9 Å². The fourth-order valence-corrected chi connectivity index (χ4v) is 2.57. The summed E-state index contributed by atoms with van der Waals surface area (Å²) in [6.07, 6.45) is 4.61. The van der Waals surface area contributed by atoms with Crippen LogP contribution in [-0.2, 0) is 9.59 Å². The number of allylic oxidation sites excluding steroid dienone is 2. The smallest absolute Gasteiger partial charge is 0.331 e. The number of aliphatic carboxylic acids is 2. The molecule has 94 valence electrons. The van der Waals surface area contributed by atoms with Gasteiger partial charge in [-0.25, -0.2) is 4.79 Å². The van der Waals surface area contributed by atoms with Gasteiger partial charge in [-0.05, 0) is 5.41 Å². The molecule has 0 amide bonds. The lowest BCUT2D eigenvalue weighted by Gasteiger charge is -2.44. The van der Waals surface area contributed by atoms with Crippen molar-refractivity contribution >= 4 is 11.9 Å². The van der Waals surface area contributed by atoms with Gasteiger partial charge in [0.15, 0.2) is 0 Å². The van der Waals surface area contributed by atoms with Crippen molar-refractivity contribution in [1.82, 2.24) is 0 Å². The predicted octanol–water partition coefficient (Wildman–Crippen LogP) is 2.32. The Balaban J connectivity index is 3.39. The lowest BCUT2D eigenvalue weighted by molar-refractivity contribution is -0.155. The summed E-state index contributed by atoms with van der Waals surface area (Å²) in [7, 11) is 0. The molecule has 1 rings (SSSR count). The Bertz CT molecular complexity index is 412. The van der Waals surface area contributed by atoms with E-state index in [-0.39, 0.29) is 5.57 Å². The van der Waals surface area contributed by atoms with Crippen LogP contribution in [0.25, 0.3) is 0 Å². The summed E-state index contributed by atoms with van der Waals surface area (Å²) < 4.78 is 0. The minimum Gasteiger partial charge on any atom is -0.481 e. The van der Waals surface area contributed by atoms with Gasteiger partial charge in [0, 0.05) is 11.5 Å². The van der Waals surface area contributed by atoms with E-state index in [1.165, 1.54) is 12.2 Å². The first-order valence-electron chi connectivity index (χ1n) is 5.50. The molecule has 4 nitrogen and oxygen atoms in total. The Hall–Kier alpha value is -1.58. The zero-order valence-electron chi connectivity index (χ0n) is 10.5. The molecule has 0 radical (unpaired) electrons. The van der Waals surface area contributed by atoms with Crippen LogP contribution in [-0.4, -0.2) is 22.2 Å². The third-order valence-electron chi connectivity index (χ3n) is 3.63. The Kier molecular flexibility index (Phi) is 3.19. The van der Waals surface area contributed by atoms with Crippen molar-refractivity contribution < 1.29 is 19.8 Å². The second-order valence-corrected chi connectivity index (χ2v) is 5.43. The van der Waals surface area contributed by atoms with Crippen molar-refractivity contribution in [3.63, 3.8) is 0 Å². The first-order valence-corrected chi connectivity index (χ1v) is 5.50.